The molecule has 0 aliphatic carbocycles. The van der Waals surface area contributed by atoms with E-state index in [1.54, 1.807) is 36.4 Å². The normalized spacial score (nSPS) is 13.1. The lowest BCUT2D eigenvalue weighted by molar-refractivity contribution is -0.180. The molecular weight excluding hydrogens is 1320 g/mol. The summed E-state index contributed by atoms with van der Waals surface area (Å²) < 4.78 is 39.7. The summed E-state index contributed by atoms with van der Waals surface area (Å²) in [6, 6.07) is 27.1. The quantitative estimate of drug-likeness (QED) is 0.0199. The number of Topliss-reactive ketones (excluding diaryl/α,β-unsaturated/α-hetero) is 3. The summed E-state index contributed by atoms with van der Waals surface area (Å²) in [6.45, 7) is 8.18. The van der Waals surface area contributed by atoms with Gasteiger partial charge in [0, 0.05) is 34.2 Å². The van der Waals surface area contributed by atoms with Gasteiger partial charge >= 0.3 is 41.8 Å². The third-order valence-corrected chi connectivity index (χ3v) is 16.5. The monoisotopic (exact) mass is 1440 g/mol. The smallest absolute Gasteiger partial charge is 0.351 e. The fourth-order valence-corrected chi connectivity index (χ4v) is 10.4. The molecule has 0 saturated heterocycles. The minimum Gasteiger partial charge on any atom is -0.479 e. The van der Waals surface area contributed by atoms with E-state index in [0.717, 1.165) is 62.8 Å². The predicted molar refractivity (Wildman–Crippen MR) is 385 cm³/mol. The number of methoxy groups -OCH3 is 3. The summed E-state index contributed by atoms with van der Waals surface area (Å²) >= 11 is 0. The molecule has 0 aliphatic heterocycles. The molecule has 0 fully saturated rings. The van der Waals surface area contributed by atoms with Crippen LogP contribution in [0, 0.1) is 0 Å². The van der Waals surface area contributed by atoms with Crippen LogP contribution in [0.15, 0.2) is 91.0 Å². The Morgan fingerprint density at radius 2 is 0.569 bits per heavy atom. The van der Waals surface area contributed by atoms with Crippen LogP contribution in [0.25, 0.3) is 0 Å². The number of carbonyl (C=O) groups is 10. The number of aliphatic carboxylic acids is 2. The fraction of sp³-hybridized carbons (Fsp3) is 0.646. The van der Waals surface area contributed by atoms with E-state index in [2.05, 4.69) is 18.6 Å². The molecule has 0 bridgehead atoms. The van der Waals surface area contributed by atoms with Gasteiger partial charge in [-0.25, -0.2) is 24.0 Å². The summed E-state index contributed by atoms with van der Waals surface area (Å²) in [4.78, 5) is 116. The van der Waals surface area contributed by atoms with Crippen molar-refractivity contribution in [1.82, 2.24) is 0 Å². The van der Waals surface area contributed by atoms with Crippen molar-refractivity contribution in [3.05, 3.63) is 108 Å². The van der Waals surface area contributed by atoms with E-state index in [1.165, 1.54) is 176 Å². The number of ether oxygens (including phenoxy) is 8. The topological polar surface area (TPSA) is 346 Å². The molecule has 3 aromatic rings. The zero-order valence-electron chi connectivity index (χ0n) is 62.1. The van der Waals surface area contributed by atoms with Gasteiger partial charge in [0.25, 0.3) is 0 Å². The SMILES string of the molecule is CC(=O)C(O)C(O)C(=O)OCc1ccccc1.CCCCCCCCCCCCCCCCCC(=O)OC(C(=O)O)C(OC)C(=O)O.CCCCCCCCCCCCCCCCCC(=O)OC(C(=O)OCc1ccccc1)C(OC)C(C)=O.COC(C(C)=O)C(O)C(=O)OCc1ccccc1. The lowest BCUT2D eigenvalue weighted by atomic mass is 10.0. The van der Waals surface area contributed by atoms with Gasteiger partial charge in [0.1, 0.15) is 25.9 Å². The number of carboxylic acids is 2. The van der Waals surface area contributed by atoms with Crippen LogP contribution < -0.4 is 0 Å². The van der Waals surface area contributed by atoms with Crippen LogP contribution in [0.2, 0.25) is 0 Å². The Morgan fingerprint density at radius 3 is 0.833 bits per heavy atom. The van der Waals surface area contributed by atoms with Gasteiger partial charge in [0.05, 0.1) is 0 Å². The first-order valence-corrected chi connectivity index (χ1v) is 36.6. The Labute approximate surface area is 605 Å². The molecule has 3 aromatic carbocycles. The van der Waals surface area contributed by atoms with Gasteiger partial charge in [-0.2, -0.15) is 0 Å². The molecule has 0 saturated carbocycles. The molecular formula is C79H122O23. The van der Waals surface area contributed by atoms with E-state index in [9.17, 15) is 58.2 Å². The highest BCUT2D eigenvalue weighted by Gasteiger charge is 2.39. The van der Waals surface area contributed by atoms with Crippen LogP contribution in [-0.2, 0) is 106 Å². The Kier molecular flexibility index (Phi) is 57.9. The average molecular weight is 1440 g/mol. The maximum absolute atomic E-state index is 12.6. The van der Waals surface area contributed by atoms with E-state index in [-0.39, 0.29) is 32.7 Å². The highest BCUT2D eigenvalue weighted by atomic mass is 16.6. The summed E-state index contributed by atoms with van der Waals surface area (Å²) in [6.07, 6.45) is 24.7. The van der Waals surface area contributed by atoms with Crippen LogP contribution in [-0.4, -0.2) is 155 Å². The molecule has 0 radical (unpaired) electrons. The standard InChI is InChI=1S/C31H50O6.C23H42O7.C13H16O5.C12H14O5/c1-4-5-6-7-8-9-10-11-12-13-14-15-16-17-21-24-28(33)37-30(29(35-3)26(2)32)31(34)36-25-27-22-19-18-20-23-27;1-3-4-5-6-7-8-9-10-11-12-13-14-15-16-17-18-19(24)30-21(23(27)28)20(29-2)22(25)26;1-9(14)12(17-2)11(15)13(16)18-8-10-6-4-3-5-7-10;1-8(13)10(14)11(15)12(16)17-7-9-5-3-2-4-6-9/h18-20,22-23,29-30H,4-17,21,24-25H2,1-3H3;20-21H,3-18H2,1-2H3,(H,25,26)(H,27,28);3-7,11-12,15H,8H2,1-2H3;2-6,10-11,14-15H,7H2,1H3. The maximum atomic E-state index is 12.6. The largest absolute Gasteiger partial charge is 0.479 e. The number of esters is 5. The van der Waals surface area contributed by atoms with Crippen molar-refractivity contribution >= 4 is 59.1 Å². The fourth-order valence-electron chi connectivity index (χ4n) is 10.4. The molecule has 5 N–H and O–H groups in total. The molecule has 102 heavy (non-hydrogen) atoms. The number of hydrogen-bond acceptors (Lipinski definition) is 21. The minimum atomic E-state index is -1.84. The van der Waals surface area contributed by atoms with Crippen molar-refractivity contribution in [2.24, 2.45) is 0 Å². The third-order valence-electron chi connectivity index (χ3n) is 16.5. The van der Waals surface area contributed by atoms with Gasteiger partial charge in [0.2, 0.25) is 18.3 Å². The highest BCUT2D eigenvalue weighted by molar-refractivity contribution is 5.91. The van der Waals surface area contributed by atoms with Crippen LogP contribution in [0.3, 0.4) is 0 Å². The van der Waals surface area contributed by atoms with Crippen molar-refractivity contribution in [1.29, 1.82) is 0 Å². The summed E-state index contributed by atoms with van der Waals surface area (Å²) in [5.74, 6) is -8.42. The number of aliphatic hydroxyl groups is 3. The minimum absolute atomic E-state index is 0.0125. The second kappa shape index (κ2) is 62.3. The number of rotatable bonds is 55. The van der Waals surface area contributed by atoms with Gasteiger partial charge in [-0.3, -0.25) is 24.0 Å². The second-order valence-corrected chi connectivity index (χ2v) is 25.3. The van der Waals surface area contributed by atoms with Gasteiger partial charge in [0.15, 0.2) is 41.8 Å². The summed E-state index contributed by atoms with van der Waals surface area (Å²) in [5.41, 5.74) is 2.36. The highest BCUT2D eigenvalue weighted by Crippen LogP contribution is 2.19. The molecule has 23 heteroatoms. The zero-order valence-corrected chi connectivity index (χ0v) is 62.1. The number of hydrogen-bond donors (Lipinski definition) is 5. The molecule has 0 heterocycles. The van der Waals surface area contributed by atoms with E-state index in [0.29, 0.717) is 12.8 Å². The molecule has 8 atom stereocenters. The number of ketones is 3. The molecule has 0 amide bonds. The maximum Gasteiger partial charge on any atom is 0.351 e. The van der Waals surface area contributed by atoms with Crippen molar-refractivity contribution in [2.75, 3.05) is 21.3 Å². The van der Waals surface area contributed by atoms with Crippen molar-refractivity contribution in [3.8, 4) is 0 Å². The van der Waals surface area contributed by atoms with Crippen molar-refractivity contribution < 1.29 is 111 Å². The molecule has 3 rings (SSSR count). The van der Waals surface area contributed by atoms with Gasteiger partial charge in [-0.1, -0.05) is 285 Å². The van der Waals surface area contributed by atoms with E-state index >= 15 is 0 Å². The number of aliphatic hydroxyl groups excluding tert-OH is 3. The van der Waals surface area contributed by atoms with Gasteiger partial charge < -0.3 is 63.4 Å². The summed E-state index contributed by atoms with van der Waals surface area (Å²) in [5, 5.41) is 46.1. The Balaban J connectivity index is 0.00000140. The summed E-state index contributed by atoms with van der Waals surface area (Å²) in [7, 11) is 3.63. The molecule has 576 valence electrons. The molecule has 23 nitrogen and oxygen atoms in total. The number of benzene rings is 3. The van der Waals surface area contributed by atoms with Gasteiger partial charge in [-0.15, -0.1) is 0 Å². The van der Waals surface area contributed by atoms with Crippen molar-refractivity contribution in [3.63, 3.8) is 0 Å². The van der Waals surface area contributed by atoms with Crippen molar-refractivity contribution in [2.45, 2.75) is 309 Å². The first kappa shape index (κ1) is 94.7. The molecule has 0 aliphatic rings. The lowest BCUT2D eigenvalue weighted by Crippen LogP contribution is -2.44. The predicted octanol–water partition coefficient (Wildman–Crippen LogP) is 13.6. The van der Waals surface area contributed by atoms with Crippen LogP contribution in [0.4, 0.5) is 0 Å². The van der Waals surface area contributed by atoms with E-state index < -0.39 is 108 Å². The number of unbranched alkanes of at least 4 members (excludes halogenated alkanes) is 28. The second-order valence-electron chi connectivity index (χ2n) is 25.3. The van der Waals surface area contributed by atoms with Gasteiger partial charge in [-0.05, 0) is 50.3 Å². The number of carbonyl (C=O) groups excluding carboxylic acids is 8. The first-order valence-electron chi connectivity index (χ1n) is 36.6. The van der Waals surface area contributed by atoms with Crippen LogP contribution in [0.1, 0.15) is 257 Å². The Bertz CT molecular complexity index is 2710. The number of carboxylic acid groups (broad SMARTS) is 2. The van der Waals surface area contributed by atoms with E-state index in [4.69, 9.17) is 48.5 Å². The average Bonchev–Trinajstić information content (AvgIpc) is 0.907. The molecule has 8 unspecified atom stereocenters. The molecule has 0 aromatic heterocycles. The zero-order chi connectivity index (χ0) is 76.1. The Morgan fingerprint density at radius 1 is 0.304 bits per heavy atom. The third kappa shape index (κ3) is 47.8. The Hall–Kier alpha value is -7.28. The van der Waals surface area contributed by atoms with Crippen LogP contribution >= 0.6 is 0 Å². The lowest BCUT2D eigenvalue weighted by Gasteiger charge is -2.22. The molecule has 0 spiro atoms. The first-order chi connectivity index (χ1) is 49.0. The van der Waals surface area contributed by atoms with E-state index in [1.807, 2.05) is 54.6 Å². The van der Waals surface area contributed by atoms with Crippen LogP contribution in [0.5, 0.6) is 0 Å².